The van der Waals surface area contributed by atoms with E-state index in [0.29, 0.717) is 23.4 Å². The van der Waals surface area contributed by atoms with Crippen LogP contribution in [0.3, 0.4) is 0 Å². The van der Waals surface area contributed by atoms with E-state index in [1.165, 1.54) is 7.11 Å². The van der Waals surface area contributed by atoms with Crippen molar-refractivity contribution in [3.63, 3.8) is 0 Å². The topological polar surface area (TPSA) is 81.6 Å². The summed E-state index contributed by atoms with van der Waals surface area (Å²) in [7, 11) is 1.47. The molecular formula is C14H22ClN3O2. The van der Waals surface area contributed by atoms with Crippen LogP contribution in [0.5, 0.6) is 5.75 Å². The van der Waals surface area contributed by atoms with E-state index < -0.39 is 5.91 Å². The maximum atomic E-state index is 11.4. The highest BCUT2D eigenvalue weighted by Crippen LogP contribution is 2.27. The molecule has 4 N–H and O–H groups in total. The van der Waals surface area contributed by atoms with Gasteiger partial charge >= 0.3 is 0 Å². The number of carbonyl (C=O) groups is 1. The number of hydrogen-bond acceptors (Lipinski definition) is 4. The highest BCUT2D eigenvalue weighted by atomic mass is 35.5. The number of anilines is 1. The fourth-order valence-corrected chi connectivity index (χ4v) is 2.55. The van der Waals surface area contributed by atoms with Crippen LogP contribution in [0.2, 0.25) is 0 Å². The van der Waals surface area contributed by atoms with Crippen molar-refractivity contribution in [2.24, 2.45) is 5.73 Å². The van der Waals surface area contributed by atoms with Gasteiger partial charge < -0.3 is 16.2 Å². The first-order valence-corrected chi connectivity index (χ1v) is 7.02. The van der Waals surface area contributed by atoms with Crippen molar-refractivity contribution >= 4 is 23.2 Å². The van der Waals surface area contributed by atoms with Crippen LogP contribution in [0.4, 0.5) is 5.69 Å². The zero-order valence-electron chi connectivity index (χ0n) is 12.1. The number of ether oxygens (including phenoxy) is 1. The van der Waals surface area contributed by atoms with Gasteiger partial charge in [-0.05, 0) is 24.7 Å². The predicted octanol–water partition coefficient (Wildman–Crippen LogP) is 1.83. The molecule has 1 atom stereocenters. The molecule has 5 nitrogen and oxygen atoms in total. The molecule has 0 saturated heterocycles. The number of primary amides is 1. The Morgan fingerprint density at radius 2 is 2.00 bits per heavy atom. The van der Waals surface area contributed by atoms with E-state index >= 15 is 0 Å². The van der Waals surface area contributed by atoms with Gasteiger partial charge in [-0.1, -0.05) is 13.8 Å². The molecule has 1 unspecified atom stereocenters. The number of likely N-dealkylation sites (N-methyl/N-ethyl adjacent to an activating group) is 1. The smallest absolute Gasteiger partial charge is 0.252 e. The third-order valence-electron chi connectivity index (χ3n) is 3.32. The van der Waals surface area contributed by atoms with Gasteiger partial charge in [-0.2, -0.15) is 0 Å². The summed E-state index contributed by atoms with van der Waals surface area (Å²) in [5.41, 5.74) is 12.8. The molecule has 0 fully saturated rings. The van der Waals surface area contributed by atoms with E-state index in [0.717, 1.165) is 18.7 Å². The first-order chi connectivity index (χ1) is 9.44. The Morgan fingerprint density at radius 3 is 2.45 bits per heavy atom. The molecule has 0 aromatic heterocycles. The SMILES string of the molecule is CCN(CC)C(Cl)Cc1cc(C(N)=O)c(OC)cc1N. The molecule has 0 heterocycles. The molecule has 0 radical (unpaired) electrons. The minimum atomic E-state index is -0.544. The Kier molecular flexibility index (Phi) is 6.10. The van der Waals surface area contributed by atoms with Crippen LogP contribution in [0.15, 0.2) is 12.1 Å². The summed E-state index contributed by atoms with van der Waals surface area (Å²) < 4.78 is 5.11. The standard InChI is InChI=1S/C14H22ClN3O2/c1-4-18(5-2)13(15)7-9-6-10(14(17)19)12(20-3)8-11(9)16/h6,8,13H,4-5,7,16H2,1-3H3,(H2,17,19). The van der Waals surface area contributed by atoms with Crippen molar-refractivity contribution in [2.75, 3.05) is 25.9 Å². The Morgan fingerprint density at radius 1 is 1.40 bits per heavy atom. The van der Waals surface area contributed by atoms with E-state index in [-0.39, 0.29) is 5.50 Å². The van der Waals surface area contributed by atoms with Gasteiger partial charge in [-0.15, -0.1) is 11.6 Å². The maximum Gasteiger partial charge on any atom is 0.252 e. The number of rotatable bonds is 7. The number of carbonyl (C=O) groups excluding carboxylic acids is 1. The Bertz CT molecular complexity index is 476. The number of nitrogens with zero attached hydrogens (tertiary/aromatic N) is 1. The molecule has 0 bridgehead atoms. The summed E-state index contributed by atoms with van der Waals surface area (Å²) in [5, 5.41) is 0. The first kappa shape index (κ1) is 16.6. The van der Waals surface area contributed by atoms with Crippen molar-refractivity contribution in [2.45, 2.75) is 25.8 Å². The Hall–Kier alpha value is -1.46. The van der Waals surface area contributed by atoms with Crippen LogP contribution in [-0.2, 0) is 6.42 Å². The molecule has 0 saturated carbocycles. The Labute approximate surface area is 124 Å². The summed E-state index contributed by atoms with van der Waals surface area (Å²) >= 11 is 6.38. The average molecular weight is 300 g/mol. The second-order valence-corrected chi connectivity index (χ2v) is 4.98. The summed E-state index contributed by atoms with van der Waals surface area (Å²) in [4.78, 5) is 13.5. The molecule has 0 spiro atoms. The van der Waals surface area contributed by atoms with Crippen molar-refractivity contribution in [1.29, 1.82) is 0 Å². The van der Waals surface area contributed by atoms with E-state index in [1.54, 1.807) is 12.1 Å². The van der Waals surface area contributed by atoms with E-state index in [4.69, 9.17) is 27.8 Å². The van der Waals surface area contributed by atoms with Crippen molar-refractivity contribution in [3.8, 4) is 5.75 Å². The quantitative estimate of drug-likeness (QED) is 0.457. The number of halogens is 1. The highest BCUT2D eigenvalue weighted by molar-refractivity contribution is 6.20. The number of nitrogen functional groups attached to an aromatic ring is 1. The van der Waals surface area contributed by atoms with Crippen LogP contribution in [0.25, 0.3) is 0 Å². The van der Waals surface area contributed by atoms with Gasteiger partial charge in [0, 0.05) is 18.2 Å². The van der Waals surface area contributed by atoms with Crippen molar-refractivity contribution in [1.82, 2.24) is 4.90 Å². The lowest BCUT2D eigenvalue weighted by Gasteiger charge is -2.25. The second-order valence-electron chi connectivity index (χ2n) is 4.48. The van der Waals surface area contributed by atoms with Gasteiger partial charge in [0.25, 0.3) is 5.91 Å². The molecular weight excluding hydrogens is 278 g/mol. The van der Waals surface area contributed by atoms with Crippen LogP contribution >= 0.6 is 11.6 Å². The summed E-state index contributed by atoms with van der Waals surface area (Å²) in [6.07, 6.45) is 0.541. The van der Waals surface area contributed by atoms with Crippen LogP contribution in [0.1, 0.15) is 29.8 Å². The second kappa shape index (κ2) is 7.36. The van der Waals surface area contributed by atoms with E-state index in [9.17, 15) is 4.79 Å². The number of benzene rings is 1. The number of alkyl halides is 1. The molecule has 1 rings (SSSR count). The monoisotopic (exact) mass is 299 g/mol. The van der Waals surface area contributed by atoms with E-state index in [1.807, 2.05) is 13.8 Å². The molecule has 20 heavy (non-hydrogen) atoms. The third-order valence-corrected chi connectivity index (χ3v) is 3.75. The predicted molar refractivity (Wildman–Crippen MR) is 82.2 cm³/mol. The zero-order chi connectivity index (χ0) is 15.3. The minimum absolute atomic E-state index is 0.179. The number of hydrogen-bond donors (Lipinski definition) is 2. The fourth-order valence-electron chi connectivity index (χ4n) is 2.11. The number of nitrogens with two attached hydrogens (primary N) is 2. The lowest BCUT2D eigenvalue weighted by atomic mass is 10.0. The van der Waals surface area contributed by atoms with Crippen molar-refractivity contribution < 1.29 is 9.53 Å². The lowest BCUT2D eigenvalue weighted by molar-refractivity contribution is 0.0997. The summed E-state index contributed by atoms with van der Waals surface area (Å²) in [6.45, 7) is 5.79. The normalized spacial score (nSPS) is 12.4. The van der Waals surface area contributed by atoms with Crippen LogP contribution < -0.4 is 16.2 Å². The molecule has 0 aliphatic rings. The fraction of sp³-hybridized carbons (Fsp3) is 0.500. The molecule has 1 aromatic carbocycles. The molecule has 6 heteroatoms. The average Bonchev–Trinajstić information content (AvgIpc) is 2.41. The number of methoxy groups -OCH3 is 1. The van der Waals surface area contributed by atoms with Gasteiger partial charge in [0.05, 0.1) is 18.2 Å². The van der Waals surface area contributed by atoms with Gasteiger partial charge in [-0.25, -0.2) is 0 Å². The van der Waals surface area contributed by atoms with Crippen LogP contribution in [0, 0.1) is 0 Å². The van der Waals surface area contributed by atoms with Gasteiger partial charge in [0.1, 0.15) is 5.75 Å². The summed E-state index contributed by atoms with van der Waals surface area (Å²) in [6, 6.07) is 3.27. The maximum absolute atomic E-state index is 11.4. The van der Waals surface area contributed by atoms with Crippen molar-refractivity contribution in [3.05, 3.63) is 23.3 Å². The van der Waals surface area contributed by atoms with Gasteiger partial charge in [0.15, 0.2) is 0 Å². The molecule has 1 aromatic rings. The van der Waals surface area contributed by atoms with E-state index in [2.05, 4.69) is 4.90 Å². The van der Waals surface area contributed by atoms with Crippen LogP contribution in [-0.4, -0.2) is 36.5 Å². The minimum Gasteiger partial charge on any atom is -0.496 e. The molecule has 0 aliphatic carbocycles. The third kappa shape index (κ3) is 3.77. The summed E-state index contributed by atoms with van der Waals surface area (Å²) in [5.74, 6) is -0.162. The molecule has 1 amide bonds. The Balaban J connectivity index is 3.06. The lowest BCUT2D eigenvalue weighted by Crippen LogP contribution is -2.32. The highest BCUT2D eigenvalue weighted by Gasteiger charge is 2.18. The first-order valence-electron chi connectivity index (χ1n) is 6.58. The largest absolute Gasteiger partial charge is 0.496 e. The zero-order valence-corrected chi connectivity index (χ0v) is 12.9. The number of amides is 1. The molecule has 0 aliphatic heterocycles. The molecule has 112 valence electrons. The van der Waals surface area contributed by atoms with Gasteiger partial charge in [0.2, 0.25) is 0 Å². The van der Waals surface area contributed by atoms with Gasteiger partial charge in [-0.3, -0.25) is 9.69 Å².